The molecule has 0 spiro atoms. The maximum absolute atomic E-state index is 9.96. The molecule has 1 N–H and O–H groups in total. The molecule has 17 heavy (non-hydrogen) atoms. The molecule has 0 saturated carbocycles. The normalized spacial score (nSPS) is 10.7. The summed E-state index contributed by atoms with van der Waals surface area (Å²) in [5, 5.41) is 12.2. The molecule has 0 saturated heterocycles. The van der Waals surface area contributed by atoms with Gasteiger partial charge in [-0.3, -0.25) is 0 Å². The molecule has 0 heterocycles. The van der Waals surface area contributed by atoms with Crippen LogP contribution in [0.25, 0.3) is 10.8 Å². The van der Waals surface area contributed by atoms with Crippen molar-refractivity contribution in [1.82, 2.24) is 0 Å². The molecule has 0 aliphatic heterocycles. The van der Waals surface area contributed by atoms with Crippen LogP contribution in [0.4, 0.5) is 0 Å². The Balaban J connectivity index is 2.56. The van der Waals surface area contributed by atoms with Crippen LogP contribution in [0, 0.1) is 0 Å². The Kier molecular flexibility index (Phi) is 3.52. The third-order valence-corrected chi connectivity index (χ3v) is 3.10. The lowest BCUT2D eigenvalue weighted by Crippen LogP contribution is -1.90. The molecule has 0 fully saturated rings. The fourth-order valence-corrected chi connectivity index (χ4v) is 2.09. The van der Waals surface area contributed by atoms with E-state index < -0.39 is 0 Å². The summed E-state index contributed by atoms with van der Waals surface area (Å²) in [6.45, 7) is 2.16. The molecule has 0 bridgehead atoms. The summed E-state index contributed by atoms with van der Waals surface area (Å²) >= 11 is 0. The number of phenolic OH excluding ortho intramolecular Hbond substituents is 1. The highest BCUT2D eigenvalue weighted by Gasteiger charge is 2.07. The first kappa shape index (κ1) is 11.8. The van der Waals surface area contributed by atoms with Crippen LogP contribution in [-0.4, -0.2) is 12.2 Å². The van der Waals surface area contributed by atoms with E-state index in [1.165, 1.54) is 0 Å². The summed E-state index contributed by atoms with van der Waals surface area (Å²) in [7, 11) is 1.66. The van der Waals surface area contributed by atoms with Crippen molar-refractivity contribution in [2.75, 3.05) is 7.11 Å². The van der Waals surface area contributed by atoms with Gasteiger partial charge in [-0.2, -0.15) is 0 Å². The van der Waals surface area contributed by atoms with E-state index in [4.69, 9.17) is 4.74 Å². The summed E-state index contributed by atoms with van der Waals surface area (Å²) in [6, 6.07) is 9.70. The number of aromatic hydroxyl groups is 1. The second kappa shape index (κ2) is 5.09. The van der Waals surface area contributed by atoms with Gasteiger partial charge in [-0.05, 0) is 41.8 Å². The summed E-state index contributed by atoms with van der Waals surface area (Å²) in [5.74, 6) is 1.22. The number of ether oxygens (including phenoxy) is 1. The maximum Gasteiger partial charge on any atom is 0.119 e. The quantitative estimate of drug-likeness (QED) is 0.863. The van der Waals surface area contributed by atoms with Crippen molar-refractivity contribution in [3.8, 4) is 11.5 Å². The van der Waals surface area contributed by atoms with Crippen molar-refractivity contribution in [3.63, 3.8) is 0 Å². The van der Waals surface area contributed by atoms with Gasteiger partial charge in [0.25, 0.3) is 0 Å². The van der Waals surface area contributed by atoms with Crippen LogP contribution in [0.5, 0.6) is 11.5 Å². The molecule has 0 aliphatic rings. The average Bonchev–Trinajstić information content (AvgIpc) is 2.37. The van der Waals surface area contributed by atoms with Crippen LogP contribution in [0.15, 0.2) is 30.3 Å². The van der Waals surface area contributed by atoms with Gasteiger partial charge in [0.05, 0.1) is 7.11 Å². The summed E-state index contributed by atoms with van der Waals surface area (Å²) in [6.07, 6.45) is 3.12. The van der Waals surface area contributed by atoms with Crippen molar-refractivity contribution in [2.24, 2.45) is 0 Å². The number of unbranched alkanes of at least 4 members (excludes halogenated alkanes) is 1. The number of methoxy groups -OCH3 is 1. The molecule has 0 atom stereocenters. The first-order valence-corrected chi connectivity index (χ1v) is 6.05. The number of phenols is 1. The van der Waals surface area contributed by atoms with Crippen molar-refractivity contribution < 1.29 is 9.84 Å². The lowest BCUT2D eigenvalue weighted by Gasteiger charge is -2.10. The Bertz CT molecular complexity index is 518. The first-order valence-electron chi connectivity index (χ1n) is 6.05. The number of hydrogen-bond acceptors (Lipinski definition) is 2. The molecule has 0 unspecified atom stereocenters. The minimum absolute atomic E-state index is 0.388. The molecule has 2 aromatic carbocycles. The number of fused-ring (bicyclic) bond motifs is 1. The summed E-state index contributed by atoms with van der Waals surface area (Å²) < 4.78 is 5.24. The molecular weight excluding hydrogens is 212 g/mol. The SMILES string of the molecule is CCCCc1c(O)ccc2ccc(OC)cc12. The smallest absolute Gasteiger partial charge is 0.119 e. The summed E-state index contributed by atoms with van der Waals surface area (Å²) in [4.78, 5) is 0. The van der Waals surface area contributed by atoms with Gasteiger partial charge in [0.15, 0.2) is 0 Å². The van der Waals surface area contributed by atoms with Crippen molar-refractivity contribution in [1.29, 1.82) is 0 Å². The monoisotopic (exact) mass is 230 g/mol. The van der Waals surface area contributed by atoms with E-state index in [0.717, 1.165) is 41.3 Å². The van der Waals surface area contributed by atoms with E-state index in [-0.39, 0.29) is 0 Å². The molecule has 2 rings (SSSR count). The predicted molar refractivity (Wildman–Crippen MR) is 70.8 cm³/mol. The Hall–Kier alpha value is -1.70. The van der Waals surface area contributed by atoms with Crippen LogP contribution in [0.2, 0.25) is 0 Å². The topological polar surface area (TPSA) is 29.5 Å². The predicted octanol–water partition coefficient (Wildman–Crippen LogP) is 3.90. The fourth-order valence-electron chi connectivity index (χ4n) is 2.09. The molecule has 90 valence electrons. The van der Waals surface area contributed by atoms with E-state index in [2.05, 4.69) is 6.92 Å². The zero-order chi connectivity index (χ0) is 12.3. The zero-order valence-corrected chi connectivity index (χ0v) is 10.4. The first-order chi connectivity index (χ1) is 8.26. The lowest BCUT2D eigenvalue weighted by molar-refractivity contribution is 0.415. The van der Waals surface area contributed by atoms with Crippen LogP contribution in [-0.2, 0) is 6.42 Å². The third kappa shape index (κ3) is 2.36. The molecule has 2 heteroatoms. The van der Waals surface area contributed by atoms with Gasteiger partial charge in [0, 0.05) is 5.56 Å². The number of hydrogen-bond donors (Lipinski definition) is 1. The third-order valence-electron chi connectivity index (χ3n) is 3.10. The van der Waals surface area contributed by atoms with E-state index >= 15 is 0 Å². The molecule has 2 nitrogen and oxygen atoms in total. The van der Waals surface area contributed by atoms with E-state index in [1.807, 2.05) is 24.3 Å². The molecule has 0 aromatic heterocycles. The zero-order valence-electron chi connectivity index (χ0n) is 10.4. The average molecular weight is 230 g/mol. The van der Waals surface area contributed by atoms with Crippen LogP contribution in [0.3, 0.4) is 0 Å². The number of rotatable bonds is 4. The minimum atomic E-state index is 0.388. The lowest BCUT2D eigenvalue weighted by atomic mass is 9.99. The Morgan fingerprint density at radius 2 is 1.94 bits per heavy atom. The Morgan fingerprint density at radius 1 is 1.18 bits per heavy atom. The van der Waals surface area contributed by atoms with Gasteiger partial charge >= 0.3 is 0 Å². The second-order valence-electron chi connectivity index (χ2n) is 4.25. The van der Waals surface area contributed by atoms with Crippen LogP contribution >= 0.6 is 0 Å². The molecule has 0 aliphatic carbocycles. The van der Waals surface area contributed by atoms with Crippen LogP contribution < -0.4 is 4.74 Å². The number of benzene rings is 2. The van der Waals surface area contributed by atoms with Crippen molar-refractivity contribution >= 4 is 10.8 Å². The molecular formula is C15H18O2. The fraction of sp³-hybridized carbons (Fsp3) is 0.333. The van der Waals surface area contributed by atoms with E-state index in [1.54, 1.807) is 13.2 Å². The van der Waals surface area contributed by atoms with Gasteiger partial charge in [-0.15, -0.1) is 0 Å². The van der Waals surface area contributed by atoms with Crippen LogP contribution in [0.1, 0.15) is 25.3 Å². The minimum Gasteiger partial charge on any atom is -0.508 e. The van der Waals surface area contributed by atoms with Gasteiger partial charge in [0.1, 0.15) is 11.5 Å². The molecule has 0 amide bonds. The van der Waals surface area contributed by atoms with Crippen molar-refractivity contribution in [2.45, 2.75) is 26.2 Å². The van der Waals surface area contributed by atoms with Gasteiger partial charge in [-0.25, -0.2) is 0 Å². The molecule has 0 radical (unpaired) electrons. The Morgan fingerprint density at radius 3 is 2.65 bits per heavy atom. The van der Waals surface area contributed by atoms with E-state index in [9.17, 15) is 5.11 Å². The highest BCUT2D eigenvalue weighted by atomic mass is 16.5. The molecule has 2 aromatic rings. The summed E-state index contributed by atoms with van der Waals surface area (Å²) in [5.41, 5.74) is 1.03. The van der Waals surface area contributed by atoms with Crippen molar-refractivity contribution in [3.05, 3.63) is 35.9 Å². The van der Waals surface area contributed by atoms with Gasteiger partial charge in [0.2, 0.25) is 0 Å². The Labute approximate surface area is 102 Å². The largest absolute Gasteiger partial charge is 0.508 e. The van der Waals surface area contributed by atoms with E-state index in [0.29, 0.717) is 5.75 Å². The van der Waals surface area contributed by atoms with Gasteiger partial charge < -0.3 is 9.84 Å². The second-order valence-corrected chi connectivity index (χ2v) is 4.25. The van der Waals surface area contributed by atoms with Gasteiger partial charge in [-0.1, -0.05) is 25.5 Å². The number of aryl methyl sites for hydroxylation is 1. The standard InChI is InChI=1S/C15H18O2/c1-3-4-5-13-14-10-12(17-2)8-6-11(14)7-9-15(13)16/h6-10,16H,3-5H2,1-2H3. The maximum atomic E-state index is 9.96. The highest BCUT2D eigenvalue weighted by molar-refractivity contribution is 5.88. The highest BCUT2D eigenvalue weighted by Crippen LogP contribution is 2.31.